The van der Waals surface area contributed by atoms with E-state index in [1.165, 1.54) is 6.20 Å². The molecule has 0 atom stereocenters. The number of hydrogen-bond acceptors (Lipinski definition) is 5. The molecule has 2 heterocycles. The highest BCUT2D eigenvalue weighted by atomic mass is 79.9. The highest BCUT2D eigenvalue weighted by molar-refractivity contribution is 9.10. The Morgan fingerprint density at radius 3 is 2.80 bits per heavy atom. The van der Waals surface area contributed by atoms with E-state index in [9.17, 15) is 9.59 Å². The monoisotopic (exact) mass is 344 g/mol. The van der Waals surface area contributed by atoms with Gasteiger partial charge in [0.05, 0.1) is 31.6 Å². The van der Waals surface area contributed by atoms with E-state index in [1.807, 2.05) is 0 Å². The number of carbonyl (C=O) groups excluding carboxylic acids is 1. The van der Waals surface area contributed by atoms with Gasteiger partial charge in [0, 0.05) is 13.1 Å². The van der Waals surface area contributed by atoms with E-state index < -0.39 is 0 Å². The Labute approximate surface area is 124 Å². The van der Waals surface area contributed by atoms with Crippen LogP contribution < -0.4 is 10.9 Å². The third-order valence-corrected chi connectivity index (χ3v) is 3.95. The zero-order valence-electron chi connectivity index (χ0n) is 11.0. The molecule has 1 fully saturated rings. The summed E-state index contributed by atoms with van der Waals surface area (Å²) < 4.78 is 1.48. The minimum absolute atomic E-state index is 0.0222. The summed E-state index contributed by atoms with van der Waals surface area (Å²) in [6.45, 7) is 1.74. The lowest BCUT2D eigenvalue weighted by molar-refractivity contribution is -0.128. The fourth-order valence-electron chi connectivity index (χ4n) is 2.09. The second-order valence-electron chi connectivity index (χ2n) is 4.57. The Kier molecular flexibility index (Phi) is 5.13. The third-order valence-electron chi connectivity index (χ3n) is 3.19. The van der Waals surface area contributed by atoms with E-state index >= 15 is 0 Å². The maximum Gasteiger partial charge on any atom is 0.283 e. The Balaban J connectivity index is 2.01. The quantitative estimate of drug-likeness (QED) is 0.786. The summed E-state index contributed by atoms with van der Waals surface area (Å²) in [6.07, 6.45) is 3.57. The van der Waals surface area contributed by atoms with Crippen molar-refractivity contribution in [3.8, 4) is 0 Å². The molecule has 110 valence electrons. The number of aliphatic hydroxyl groups is 1. The fourth-order valence-corrected chi connectivity index (χ4v) is 2.54. The minimum Gasteiger partial charge on any atom is -0.394 e. The van der Waals surface area contributed by atoms with Crippen LogP contribution in [0.25, 0.3) is 0 Å². The van der Waals surface area contributed by atoms with Crippen LogP contribution in [0.4, 0.5) is 5.69 Å². The van der Waals surface area contributed by atoms with Crippen molar-refractivity contribution in [1.82, 2.24) is 14.7 Å². The molecule has 1 aliphatic rings. The lowest BCUT2D eigenvalue weighted by Gasteiger charge is -2.16. The van der Waals surface area contributed by atoms with Gasteiger partial charge in [0.2, 0.25) is 5.91 Å². The standard InChI is InChI=1S/C12H17BrN4O3/c13-11-9(7-15-17(5-6-18)12(11)20)14-8-10(19)16-3-1-2-4-16/h7,14,18H,1-6,8H2. The highest BCUT2D eigenvalue weighted by Crippen LogP contribution is 2.16. The SMILES string of the molecule is O=C(CNc1cnn(CCO)c(=O)c1Br)N1CCCC1. The molecule has 0 saturated carbocycles. The molecular formula is C12H17BrN4O3. The van der Waals surface area contributed by atoms with Crippen LogP contribution in [0.1, 0.15) is 12.8 Å². The number of carbonyl (C=O) groups is 1. The van der Waals surface area contributed by atoms with Gasteiger partial charge in [0.1, 0.15) is 4.47 Å². The molecule has 0 radical (unpaired) electrons. The first-order valence-corrected chi connectivity index (χ1v) is 7.31. The Morgan fingerprint density at radius 1 is 1.45 bits per heavy atom. The first-order chi connectivity index (χ1) is 9.63. The summed E-state index contributed by atoms with van der Waals surface area (Å²) in [5, 5.41) is 15.7. The van der Waals surface area contributed by atoms with E-state index in [2.05, 4.69) is 26.3 Å². The number of anilines is 1. The summed E-state index contributed by atoms with van der Waals surface area (Å²) in [5.41, 5.74) is 0.148. The van der Waals surface area contributed by atoms with Crippen molar-refractivity contribution in [3.63, 3.8) is 0 Å². The van der Waals surface area contributed by atoms with E-state index in [0.717, 1.165) is 30.6 Å². The molecule has 2 rings (SSSR count). The number of hydrogen-bond donors (Lipinski definition) is 2. The normalized spacial score (nSPS) is 14.6. The molecule has 1 saturated heterocycles. The van der Waals surface area contributed by atoms with Crippen LogP contribution in [0, 0.1) is 0 Å². The largest absolute Gasteiger partial charge is 0.394 e. The molecule has 1 aromatic heterocycles. The summed E-state index contributed by atoms with van der Waals surface area (Å²) >= 11 is 3.19. The van der Waals surface area contributed by atoms with Crippen LogP contribution in [-0.2, 0) is 11.3 Å². The first-order valence-electron chi connectivity index (χ1n) is 6.51. The van der Waals surface area contributed by atoms with Crippen LogP contribution in [0.15, 0.2) is 15.5 Å². The van der Waals surface area contributed by atoms with Gasteiger partial charge in [-0.3, -0.25) is 9.59 Å². The van der Waals surface area contributed by atoms with Gasteiger partial charge < -0.3 is 15.3 Å². The lowest BCUT2D eigenvalue weighted by Crippen LogP contribution is -2.33. The third kappa shape index (κ3) is 3.37. The molecule has 0 spiro atoms. The summed E-state index contributed by atoms with van der Waals surface area (Å²) in [4.78, 5) is 25.6. The molecular weight excluding hydrogens is 328 g/mol. The summed E-state index contributed by atoms with van der Waals surface area (Å²) in [5.74, 6) is 0.0222. The summed E-state index contributed by atoms with van der Waals surface area (Å²) in [7, 11) is 0. The number of nitrogens with one attached hydrogen (secondary N) is 1. The van der Waals surface area contributed by atoms with E-state index in [4.69, 9.17) is 5.11 Å². The lowest BCUT2D eigenvalue weighted by atomic mass is 10.4. The molecule has 20 heavy (non-hydrogen) atoms. The molecule has 0 aliphatic carbocycles. The molecule has 7 nitrogen and oxygen atoms in total. The zero-order valence-corrected chi connectivity index (χ0v) is 12.6. The maximum atomic E-state index is 11.9. The van der Waals surface area contributed by atoms with Gasteiger partial charge in [-0.25, -0.2) is 4.68 Å². The van der Waals surface area contributed by atoms with Crippen molar-refractivity contribution in [2.24, 2.45) is 0 Å². The van der Waals surface area contributed by atoms with E-state index in [0.29, 0.717) is 10.2 Å². The molecule has 1 amide bonds. The number of rotatable bonds is 5. The number of halogens is 1. The fraction of sp³-hybridized carbons (Fsp3) is 0.583. The molecule has 0 unspecified atom stereocenters. The van der Waals surface area contributed by atoms with Gasteiger partial charge in [-0.05, 0) is 28.8 Å². The topological polar surface area (TPSA) is 87.5 Å². The van der Waals surface area contributed by atoms with Gasteiger partial charge in [-0.2, -0.15) is 5.10 Å². The predicted octanol–water partition coefficient (Wildman–Crippen LogP) is 0.0324. The van der Waals surface area contributed by atoms with Crippen molar-refractivity contribution in [3.05, 3.63) is 21.0 Å². The number of likely N-dealkylation sites (tertiary alicyclic amines) is 1. The van der Waals surface area contributed by atoms with Crippen molar-refractivity contribution in [2.45, 2.75) is 19.4 Å². The zero-order chi connectivity index (χ0) is 14.5. The van der Waals surface area contributed by atoms with Crippen molar-refractivity contribution >= 4 is 27.5 Å². The smallest absolute Gasteiger partial charge is 0.283 e. The maximum absolute atomic E-state index is 11.9. The number of aliphatic hydroxyl groups excluding tert-OH is 1. The Morgan fingerprint density at radius 2 is 2.15 bits per heavy atom. The Bertz CT molecular complexity index is 540. The predicted molar refractivity (Wildman–Crippen MR) is 77.6 cm³/mol. The van der Waals surface area contributed by atoms with Gasteiger partial charge in [-0.1, -0.05) is 0 Å². The molecule has 0 bridgehead atoms. The number of aromatic nitrogens is 2. The van der Waals surface area contributed by atoms with Crippen molar-refractivity contribution in [1.29, 1.82) is 0 Å². The molecule has 1 aromatic rings. The van der Waals surface area contributed by atoms with Gasteiger partial charge >= 0.3 is 0 Å². The van der Waals surface area contributed by atoms with Crippen LogP contribution in [0.5, 0.6) is 0 Å². The van der Waals surface area contributed by atoms with Gasteiger partial charge in [0.15, 0.2) is 0 Å². The molecule has 0 aromatic carbocycles. The summed E-state index contributed by atoms with van der Waals surface area (Å²) in [6, 6.07) is 0. The molecule has 1 aliphatic heterocycles. The Hall–Kier alpha value is -1.41. The van der Waals surface area contributed by atoms with Crippen LogP contribution >= 0.6 is 15.9 Å². The van der Waals surface area contributed by atoms with Crippen molar-refractivity contribution < 1.29 is 9.90 Å². The number of amides is 1. The second-order valence-corrected chi connectivity index (χ2v) is 5.36. The minimum atomic E-state index is -0.335. The second kappa shape index (κ2) is 6.85. The molecule has 2 N–H and O–H groups in total. The van der Waals surface area contributed by atoms with E-state index in [-0.39, 0.29) is 31.2 Å². The highest BCUT2D eigenvalue weighted by Gasteiger charge is 2.18. The average Bonchev–Trinajstić information content (AvgIpc) is 2.97. The van der Waals surface area contributed by atoms with Gasteiger partial charge in [0.25, 0.3) is 5.56 Å². The van der Waals surface area contributed by atoms with Gasteiger partial charge in [-0.15, -0.1) is 0 Å². The first kappa shape index (κ1) is 15.0. The van der Waals surface area contributed by atoms with Crippen LogP contribution in [-0.4, -0.2) is 51.9 Å². The van der Waals surface area contributed by atoms with Crippen molar-refractivity contribution in [2.75, 3.05) is 31.6 Å². The van der Waals surface area contributed by atoms with Crippen LogP contribution in [0.2, 0.25) is 0 Å². The molecule has 8 heteroatoms. The number of nitrogens with zero attached hydrogens (tertiary/aromatic N) is 3. The van der Waals surface area contributed by atoms with E-state index in [1.54, 1.807) is 4.90 Å². The average molecular weight is 345 g/mol. The van der Waals surface area contributed by atoms with Crippen LogP contribution in [0.3, 0.4) is 0 Å².